The summed E-state index contributed by atoms with van der Waals surface area (Å²) in [6.45, 7) is 4.18. The quantitative estimate of drug-likeness (QED) is 0.173. The van der Waals surface area contributed by atoms with Gasteiger partial charge in [0, 0.05) is 18.7 Å². The topological polar surface area (TPSA) is 98.0 Å². The molecule has 0 bridgehead atoms. The molecule has 1 saturated carbocycles. The number of carbonyl (C=O) groups excluding carboxylic acids is 1. The van der Waals surface area contributed by atoms with Crippen molar-refractivity contribution in [2.45, 2.75) is 45.6 Å². The van der Waals surface area contributed by atoms with E-state index in [1.54, 1.807) is 18.2 Å². The van der Waals surface area contributed by atoms with Gasteiger partial charge in [-0.05, 0) is 67.1 Å². The Hall–Kier alpha value is -4.00. The van der Waals surface area contributed by atoms with Gasteiger partial charge in [0.25, 0.3) is 0 Å². The van der Waals surface area contributed by atoms with Gasteiger partial charge in [-0.2, -0.15) is 0 Å². The number of benzene rings is 3. The fourth-order valence-corrected chi connectivity index (χ4v) is 4.57. The van der Waals surface area contributed by atoms with Crippen LogP contribution in [0.2, 0.25) is 0 Å². The molecular formula is C31H38N4O3. The van der Waals surface area contributed by atoms with Crippen molar-refractivity contribution in [3.63, 3.8) is 0 Å². The molecule has 0 radical (unpaired) electrons. The van der Waals surface area contributed by atoms with Crippen LogP contribution in [0.3, 0.4) is 0 Å². The maximum Gasteiger partial charge on any atom is 0.248 e. The van der Waals surface area contributed by atoms with Crippen molar-refractivity contribution in [2.24, 2.45) is 16.6 Å². The molecule has 1 aliphatic carbocycles. The van der Waals surface area contributed by atoms with Gasteiger partial charge in [-0.25, -0.2) is 0 Å². The summed E-state index contributed by atoms with van der Waals surface area (Å²) in [5.41, 5.74) is 9.06. The van der Waals surface area contributed by atoms with E-state index in [0.29, 0.717) is 48.6 Å². The summed E-state index contributed by atoms with van der Waals surface area (Å²) in [5.74, 6) is 2.06. The Balaban J connectivity index is 1.48. The SMILES string of the molecule is Cc1ccccc1CNC(=NCC1CCCCC1)Nc1ccc(C(N)=O)cc1OCCOc1ccccc1. The van der Waals surface area contributed by atoms with Crippen molar-refractivity contribution in [3.05, 3.63) is 89.5 Å². The number of rotatable bonds is 11. The van der Waals surface area contributed by atoms with Crippen LogP contribution in [0, 0.1) is 12.8 Å². The van der Waals surface area contributed by atoms with Gasteiger partial charge in [0.05, 0.1) is 5.69 Å². The van der Waals surface area contributed by atoms with Gasteiger partial charge in [-0.1, -0.05) is 61.7 Å². The molecule has 0 spiro atoms. The van der Waals surface area contributed by atoms with Crippen LogP contribution in [0.25, 0.3) is 0 Å². The normalized spacial score (nSPS) is 14.1. The van der Waals surface area contributed by atoms with Crippen molar-refractivity contribution in [2.75, 3.05) is 25.1 Å². The zero-order valence-corrected chi connectivity index (χ0v) is 22.1. The molecule has 3 aromatic carbocycles. The highest BCUT2D eigenvalue weighted by Crippen LogP contribution is 2.27. The summed E-state index contributed by atoms with van der Waals surface area (Å²) in [6, 6.07) is 23.1. The molecule has 7 nitrogen and oxygen atoms in total. The Morgan fingerprint density at radius 1 is 0.947 bits per heavy atom. The van der Waals surface area contributed by atoms with Gasteiger partial charge in [0.15, 0.2) is 5.96 Å². The van der Waals surface area contributed by atoms with Crippen LogP contribution in [-0.2, 0) is 6.54 Å². The lowest BCUT2D eigenvalue weighted by Crippen LogP contribution is -2.32. The predicted octanol–water partition coefficient (Wildman–Crippen LogP) is 5.69. The lowest BCUT2D eigenvalue weighted by molar-refractivity contribution is 0.1000. The van der Waals surface area contributed by atoms with Gasteiger partial charge < -0.3 is 25.8 Å². The predicted molar refractivity (Wildman–Crippen MR) is 153 cm³/mol. The number of carbonyl (C=O) groups is 1. The molecule has 1 aliphatic rings. The van der Waals surface area contributed by atoms with E-state index in [1.807, 2.05) is 42.5 Å². The molecule has 1 amide bonds. The number of ether oxygens (including phenoxy) is 2. The van der Waals surface area contributed by atoms with E-state index in [2.05, 4.69) is 29.7 Å². The Bertz CT molecular complexity index is 1210. The summed E-state index contributed by atoms with van der Waals surface area (Å²) in [6.07, 6.45) is 6.31. The second-order valence-corrected chi connectivity index (χ2v) is 9.68. The smallest absolute Gasteiger partial charge is 0.248 e. The number of hydrogen-bond acceptors (Lipinski definition) is 4. The number of amides is 1. The van der Waals surface area contributed by atoms with Crippen molar-refractivity contribution in [1.29, 1.82) is 0 Å². The number of primary amides is 1. The Labute approximate surface area is 225 Å². The molecule has 0 aromatic heterocycles. The van der Waals surface area contributed by atoms with Crippen LogP contribution in [0.4, 0.5) is 5.69 Å². The maximum absolute atomic E-state index is 11.9. The number of guanidine groups is 1. The standard InChI is InChI=1S/C31H38N4O3/c1-23-10-8-9-13-26(23)22-34-31(33-21-24-11-4-2-5-12-24)35-28-17-16-25(30(32)36)20-29(28)38-19-18-37-27-14-6-3-7-15-27/h3,6-10,13-17,20,24H,2,4-5,11-12,18-19,21-22H2,1H3,(H2,32,36)(H2,33,34,35). The van der Waals surface area contributed by atoms with Crippen molar-refractivity contribution in [1.82, 2.24) is 5.32 Å². The number of nitrogens with zero attached hydrogens (tertiary/aromatic N) is 1. The minimum Gasteiger partial charge on any atom is -0.490 e. The molecule has 3 aromatic rings. The maximum atomic E-state index is 11.9. The fraction of sp³-hybridized carbons (Fsp3) is 0.355. The highest BCUT2D eigenvalue weighted by molar-refractivity contribution is 5.97. The minimum atomic E-state index is -0.509. The summed E-state index contributed by atoms with van der Waals surface area (Å²) >= 11 is 0. The second kappa shape index (κ2) is 14.1. The molecule has 1 fully saturated rings. The average molecular weight is 515 g/mol. The number of aliphatic imine (C=N–C) groups is 1. The number of nitrogens with two attached hydrogens (primary N) is 1. The van der Waals surface area contributed by atoms with Gasteiger partial charge in [-0.3, -0.25) is 9.79 Å². The van der Waals surface area contributed by atoms with Crippen LogP contribution in [0.5, 0.6) is 11.5 Å². The van der Waals surface area contributed by atoms with Gasteiger partial charge in [-0.15, -0.1) is 0 Å². The third kappa shape index (κ3) is 8.26. The van der Waals surface area contributed by atoms with E-state index < -0.39 is 5.91 Å². The third-order valence-electron chi connectivity index (χ3n) is 6.81. The summed E-state index contributed by atoms with van der Waals surface area (Å²) in [4.78, 5) is 16.8. The summed E-state index contributed by atoms with van der Waals surface area (Å²) < 4.78 is 11.8. The monoisotopic (exact) mass is 514 g/mol. The van der Waals surface area contributed by atoms with Crippen LogP contribution in [0.1, 0.15) is 53.6 Å². The number of nitrogens with one attached hydrogen (secondary N) is 2. The summed E-state index contributed by atoms with van der Waals surface area (Å²) in [7, 11) is 0. The Kier molecular flexibility index (Phi) is 10.0. The van der Waals surface area contributed by atoms with Gasteiger partial charge >= 0.3 is 0 Å². The zero-order chi connectivity index (χ0) is 26.6. The highest BCUT2D eigenvalue weighted by Gasteiger charge is 2.15. The molecule has 0 unspecified atom stereocenters. The number of aryl methyl sites for hydroxylation is 1. The van der Waals surface area contributed by atoms with Crippen LogP contribution in [0.15, 0.2) is 77.8 Å². The van der Waals surface area contributed by atoms with E-state index in [-0.39, 0.29) is 0 Å². The van der Waals surface area contributed by atoms with E-state index in [4.69, 9.17) is 20.2 Å². The fourth-order valence-electron chi connectivity index (χ4n) is 4.57. The van der Waals surface area contributed by atoms with Crippen molar-refractivity contribution >= 4 is 17.6 Å². The molecule has 7 heteroatoms. The van der Waals surface area contributed by atoms with E-state index in [0.717, 1.165) is 12.3 Å². The highest BCUT2D eigenvalue weighted by atomic mass is 16.5. The lowest BCUT2D eigenvalue weighted by Gasteiger charge is -2.21. The van der Waals surface area contributed by atoms with Crippen molar-refractivity contribution < 1.29 is 14.3 Å². The van der Waals surface area contributed by atoms with E-state index in [9.17, 15) is 4.79 Å². The van der Waals surface area contributed by atoms with Crippen LogP contribution < -0.4 is 25.8 Å². The first-order valence-corrected chi connectivity index (χ1v) is 13.4. The number of hydrogen-bond donors (Lipinski definition) is 3. The van der Waals surface area contributed by atoms with Crippen LogP contribution >= 0.6 is 0 Å². The summed E-state index contributed by atoms with van der Waals surface area (Å²) in [5, 5.41) is 6.91. The van der Waals surface area contributed by atoms with Crippen LogP contribution in [-0.4, -0.2) is 31.6 Å². The third-order valence-corrected chi connectivity index (χ3v) is 6.81. The Morgan fingerprint density at radius 2 is 1.68 bits per heavy atom. The first-order valence-electron chi connectivity index (χ1n) is 13.4. The van der Waals surface area contributed by atoms with E-state index >= 15 is 0 Å². The van der Waals surface area contributed by atoms with E-state index in [1.165, 1.54) is 43.2 Å². The molecule has 0 aliphatic heterocycles. The molecule has 4 rings (SSSR count). The molecule has 200 valence electrons. The van der Waals surface area contributed by atoms with Gasteiger partial charge in [0.2, 0.25) is 5.91 Å². The van der Waals surface area contributed by atoms with Gasteiger partial charge in [0.1, 0.15) is 24.7 Å². The lowest BCUT2D eigenvalue weighted by atomic mass is 9.89. The second-order valence-electron chi connectivity index (χ2n) is 9.68. The number of anilines is 1. The first kappa shape index (κ1) is 27.0. The minimum absolute atomic E-state index is 0.303. The largest absolute Gasteiger partial charge is 0.490 e. The molecule has 0 saturated heterocycles. The molecule has 0 atom stereocenters. The average Bonchev–Trinajstić information content (AvgIpc) is 2.95. The molecule has 0 heterocycles. The van der Waals surface area contributed by atoms with Crippen molar-refractivity contribution in [3.8, 4) is 11.5 Å². The Morgan fingerprint density at radius 3 is 2.45 bits per heavy atom. The molecule has 4 N–H and O–H groups in total. The molecule has 38 heavy (non-hydrogen) atoms. The zero-order valence-electron chi connectivity index (χ0n) is 22.1. The molecular weight excluding hydrogens is 476 g/mol. The first-order chi connectivity index (χ1) is 18.6. The number of para-hydroxylation sites is 1.